The molecule has 2 radical (unpaired) electrons. The molecule has 0 unspecified atom stereocenters. The van der Waals surface area contributed by atoms with Crippen molar-refractivity contribution in [3.8, 4) is 11.4 Å². The second kappa shape index (κ2) is 7.20. The first kappa shape index (κ1) is 18.6. The number of carbonyl (C=O) groups excluding carboxylic acids is 2. The lowest BCUT2D eigenvalue weighted by atomic mass is 10.1. The fourth-order valence-corrected chi connectivity index (χ4v) is 3.14. The highest BCUT2D eigenvalue weighted by Gasteiger charge is 2.33. The second-order valence-corrected chi connectivity index (χ2v) is 6.86. The fraction of sp³-hybridized carbons (Fsp3) is 0.375. The van der Waals surface area contributed by atoms with Gasteiger partial charge in [0, 0.05) is 12.8 Å². The van der Waals surface area contributed by atoms with Crippen LogP contribution >= 0.6 is 15.9 Å². The van der Waals surface area contributed by atoms with Gasteiger partial charge in [-0.2, -0.15) is 0 Å². The van der Waals surface area contributed by atoms with E-state index in [1.54, 1.807) is 31.3 Å². The SMILES string of the molecule is CC(C)C(=O)OC[C@@H]1[CH][CH][C@@H](n2cnc(N)c3c(C(N)=O)c(Br)nc2-3)O1. The Kier molecular flexibility index (Phi) is 5.15. The lowest BCUT2D eigenvalue weighted by Gasteiger charge is -2.20. The van der Waals surface area contributed by atoms with E-state index in [4.69, 9.17) is 20.9 Å². The van der Waals surface area contributed by atoms with E-state index in [9.17, 15) is 9.59 Å². The van der Waals surface area contributed by atoms with E-state index in [2.05, 4.69) is 25.9 Å². The Labute approximate surface area is 158 Å². The molecule has 0 saturated carbocycles. The number of primary amides is 1. The molecule has 3 rings (SSSR count). The molecule has 0 aromatic heterocycles. The molecule has 3 aliphatic heterocycles. The van der Waals surface area contributed by atoms with Crippen molar-refractivity contribution in [3.63, 3.8) is 0 Å². The molecule has 1 fully saturated rings. The van der Waals surface area contributed by atoms with Crippen molar-refractivity contribution in [2.24, 2.45) is 11.7 Å². The van der Waals surface area contributed by atoms with E-state index in [0.29, 0.717) is 11.4 Å². The van der Waals surface area contributed by atoms with Crippen molar-refractivity contribution in [1.82, 2.24) is 14.5 Å². The van der Waals surface area contributed by atoms with Gasteiger partial charge < -0.3 is 20.9 Å². The molecule has 1 amide bonds. The van der Waals surface area contributed by atoms with Crippen LogP contribution < -0.4 is 11.5 Å². The minimum absolute atomic E-state index is 0.112. The molecule has 3 aliphatic rings. The van der Waals surface area contributed by atoms with Crippen molar-refractivity contribution in [2.45, 2.75) is 26.2 Å². The third-order valence-electron chi connectivity index (χ3n) is 3.89. The van der Waals surface area contributed by atoms with E-state index in [1.165, 1.54) is 6.33 Å². The van der Waals surface area contributed by atoms with E-state index in [-0.39, 0.29) is 34.5 Å². The Morgan fingerprint density at radius 1 is 1.42 bits per heavy atom. The smallest absolute Gasteiger partial charge is 0.308 e. The number of hydrogen-bond acceptors (Lipinski definition) is 7. The molecule has 138 valence electrons. The normalized spacial score (nSPS) is 20.0. The number of fused-ring (bicyclic) bond motifs is 1. The maximum absolute atomic E-state index is 11.7. The Bertz CT molecular complexity index is 821. The van der Waals surface area contributed by atoms with Crippen LogP contribution in [0.4, 0.5) is 5.82 Å². The zero-order valence-corrected chi connectivity index (χ0v) is 15.8. The molecule has 0 aromatic rings. The van der Waals surface area contributed by atoms with E-state index in [0.717, 1.165) is 0 Å². The van der Waals surface area contributed by atoms with Gasteiger partial charge in [0.1, 0.15) is 35.4 Å². The summed E-state index contributed by atoms with van der Waals surface area (Å²) < 4.78 is 13.0. The fourth-order valence-electron chi connectivity index (χ4n) is 2.58. The number of nitrogens with two attached hydrogens (primary N) is 2. The monoisotopic (exact) mass is 423 g/mol. The summed E-state index contributed by atoms with van der Waals surface area (Å²) in [6.45, 7) is 3.64. The number of nitrogen functional groups attached to an aromatic ring is 1. The lowest BCUT2D eigenvalue weighted by Crippen LogP contribution is -2.22. The minimum Gasteiger partial charge on any atom is -0.463 e. The topological polar surface area (TPSA) is 135 Å². The highest BCUT2D eigenvalue weighted by molar-refractivity contribution is 9.10. The lowest BCUT2D eigenvalue weighted by molar-refractivity contribution is -0.151. The Balaban J connectivity index is 1.80. The number of hydrogen-bond donors (Lipinski definition) is 2. The van der Waals surface area contributed by atoms with Crippen LogP contribution in [0.5, 0.6) is 0 Å². The minimum atomic E-state index is -0.660. The second-order valence-electron chi connectivity index (χ2n) is 6.11. The first-order chi connectivity index (χ1) is 12.3. The van der Waals surface area contributed by atoms with Crippen LogP contribution in [0.1, 0.15) is 30.4 Å². The van der Waals surface area contributed by atoms with Crippen LogP contribution in [0.15, 0.2) is 10.9 Å². The van der Waals surface area contributed by atoms with Crippen LogP contribution in [-0.4, -0.2) is 39.1 Å². The molecule has 3 heterocycles. The number of ether oxygens (including phenoxy) is 2. The molecule has 10 heteroatoms. The van der Waals surface area contributed by atoms with Crippen molar-refractivity contribution < 1.29 is 19.1 Å². The molecular formula is C16H18BrN5O4. The number of nitrogens with zero attached hydrogens (tertiary/aromatic N) is 3. The molecule has 9 nitrogen and oxygen atoms in total. The summed E-state index contributed by atoms with van der Waals surface area (Å²) in [5, 5.41) is 0. The van der Waals surface area contributed by atoms with Gasteiger partial charge in [-0.3, -0.25) is 14.2 Å². The van der Waals surface area contributed by atoms with Crippen LogP contribution in [0.3, 0.4) is 0 Å². The average molecular weight is 424 g/mol. The number of aromatic nitrogens is 3. The van der Waals surface area contributed by atoms with Gasteiger partial charge in [0.25, 0.3) is 5.91 Å². The Hall–Kier alpha value is -2.20. The van der Waals surface area contributed by atoms with Gasteiger partial charge >= 0.3 is 5.97 Å². The number of carbonyl (C=O) groups is 2. The zero-order chi connectivity index (χ0) is 19.0. The van der Waals surface area contributed by atoms with Gasteiger partial charge in [0.05, 0.1) is 23.1 Å². The summed E-state index contributed by atoms with van der Waals surface area (Å²) in [6, 6.07) is 0. The average Bonchev–Trinajstić information content (AvgIpc) is 3.17. The van der Waals surface area contributed by atoms with Crippen LogP contribution in [0.25, 0.3) is 11.4 Å². The predicted octanol–water partition coefficient (Wildman–Crippen LogP) is 1.33. The van der Waals surface area contributed by atoms with Crippen LogP contribution in [0, 0.1) is 18.8 Å². The first-order valence-electron chi connectivity index (χ1n) is 7.91. The maximum atomic E-state index is 11.7. The molecule has 4 N–H and O–H groups in total. The van der Waals surface area contributed by atoms with Crippen LogP contribution in [0.2, 0.25) is 0 Å². The molecule has 2 atom stereocenters. The van der Waals surface area contributed by atoms with Gasteiger partial charge in [0.2, 0.25) is 0 Å². The molecule has 0 spiro atoms. The van der Waals surface area contributed by atoms with Gasteiger partial charge in [-0.1, -0.05) is 13.8 Å². The molecule has 1 saturated heterocycles. The molecule has 26 heavy (non-hydrogen) atoms. The van der Waals surface area contributed by atoms with Gasteiger partial charge in [-0.25, -0.2) is 9.97 Å². The van der Waals surface area contributed by atoms with Crippen molar-refractivity contribution in [1.29, 1.82) is 0 Å². The Morgan fingerprint density at radius 2 is 2.15 bits per heavy atom. The third-order valence-corrected chi connectivity index (χ3v) is 4.47. The van der Waals surface area contributed by atoms with Crippen molar-refractivity contribution in [3.05, 3.63) is 29.3 Å². The van der Waals surface area contributed by atoms with E-state index >= 15 is 0 Å². The first-order valence-corrected chi connectivity index (χ1v) is 8.70. The zero-order valence-electron chi connectivity index (χ0n) is 14.2. The van der Waals surface area contributed by atoms with Gasteiger partial charge in [-0.05, 0) is 15.9 Å². The molecule has 0 bridgehead atoms. The van der Waals surface area contributed by atoms with Crippen LogP contribution in [-0.2, 0) is 14.3 Å². The standard InChI is InChI=1S/C16H18BrN5O4/c1-7(2)16(24)25-5-8-3-4-9(26-8)22-6-20-13(18)11-10(14(19)23)12(17)21-15(11)22/h3-4,6-9H,5,18H2,1-2H3,(H2,19,23)/t8-,9-/m0/s1. The van der Waals surface area contributed by atoms with Gasteiger partial charge in [-0.15, -0.1) is 0 Å². The number of halogens is 1. The largest absolute Gasteiger partial charge is 0.463 e. The summed E-state index contributed by atoms with van der Waals surface area (Å²) in [4.78, 5) is 31.7. The number of amides is 1. The summed E-state index contributed by atoms with van der Waals surface area (Å²) >= 11 is 3.23. The highest BCUT2D eigenvalue weighted by atomic mass is 79.9. The van der Waals surface area contributed by atoms with Crippen molar-refractivity contribution >= 4 is 33.6 Å². The highest BCUT2D eigenvalue weighted by Crippen LogP contribution is 2.38. The summed E-state index contributed by atoms with van der Waals surface area (Å²) in [5.41, 5.74) is 11.8. The van der Waals surface area contributed by atoms with Crippen molar-refractivity contribution in [2.75, 3.05) is 12.3 Å². The molecule has 0 aromatic carbocycles. The third kappa shape index (κ3) is 3.38. The number of rotatable bonds is 5. The quantitative estimate of drug-likeness (QED) is 0.692. The summed E-state index contributed by atoms with van der Waals surface area (Å²) in [6.07, 6.45) is 4.13. The molecular weight excluding hydrogens is 406 g/mol. The molecule has 0 aliphatic carbocycles. The summed E-state index contributed by atoms with van der Waals surface area (Å²) in [5.74, 6) is -0.598. The number of anilines is 1. The predicted molar refractivity (Wildman–Crippen MR) is 95.6 cm³/mol. The van der Waals surface area contributed by atoms with E-state index < -0.39 is 18.2 Å². The van der Waals surface area contributed by atoms with E-state index in [1.807, 2.05) is 0 Å². The number of esters is 1. The Morgan fingerprint density at radius 3 is 2.81 bits per heavy atom. The maximum Gasteiger partial charge on any atom is 0.308 e. The summed E-state index contributed by atoms with van der Waals surface area (Å²) in [7, 11) is 0. The van der Waals surface area contributed by atoms with Gasteiger partial charge in [0.15, 0.2) is 0 Å².